The van der Waals surface area contributed by atoms with Crippen molar-refractivity contribution < 1.29 is 0 Å². The number of hydrogen-bond donors (Lipinski definition) is 0. The molecule has 2 bridgehead atoms. The van der Waals surface area contributed by atoms with Crippen LogP contribution in [0.3, 0.4) is 0 Å². The fourth-order valence-electron chi connectivity index (χ4n) is 9.37. The minimum atomic E-state index is -0.0680. The van der Waals surface area contributed by atoms with Gasteiger partial charge >= 0.3 is 0 Å². The molecule has 0 radical (unpaired) electrons. The van der Waals surface area contributed by atoms with Crippen molar-refractivity contribution in [3.05, 3.63) is 150 Å². The fourth-order valence-corrected chi connectivity index (χ4v) is 9.37. The summed E-state index contributed by atoms with van der Waals surface area (Å²) in [6.45, 7) is 7.00. The van der Waals surface area contributed by atoms with Crippen LogP contribution in [0, 0.1) is 18.8 Å². The van der Waals surface area contributed by atoms with Crippen LogP contribution in [0.5, 0.6) is 0 Å². The maximum absolute atomic E-state index is 2.53. The molecule has 1 nitrogen and oxygen atoms in total. The quantitative estimate of drug-likeness (QED) is 0.192. The van der Waals surface area contributed by atoms with Crippen LogP contribution in [0.25, 0.3) is 33.0 Å². The Labute approximate surface area is 273 Å². The van der Waals surface area contributed by atoms with Crippen molar-refractivity contribution in [1.29, 1.82) is 0 Å². The topological polar surface area (TPSA) is 3.24 Å². The molecule has 0 aromatic heterocycles. The molecule has 3 unspecified atom stereocenters. The minimum Gasteiger partial charge on any atom is -0.310 e. The van der Waals surface area contributed by atoms with E-state index >= 15 is 0 Å². The molecule has 0 saturated heterocycles. The van der Waals surface area contributed by atoms with Crippen LogP contribution in [0.1, 0.15) is 67.7 Å². The van der Waals surface area contributed by atoms with Crippen molar-refractivity contribution in [3.63, 3.8) is 0 Å². The van der Waals surface area contributed by atoms with E-state index in [1.165, 1.54) is 98.0 Å². The normalized spacial score (nSPS) is 20.5. The van der Waals surface area contributed by atoms with Crippen LogP contribution in [0.4, 0.5) is 17.1 Å². The van der Waals surface area contributed by atoms with Gasteiger partial charge in [-0.3, -0.25) is 0 Å². The van der Waals surface area contributed by atoms with E-state index in [9.17, 15) is 0 Å². The average molecular weight is 596 g/mol. The Morgan fingerprint density at radius 1 is 0.609 bits per heavy atom. The zero-order valence-corrected chi connectivity index (χ0v) is 27.1. The molecule has 6 aromatic rings. The molecule has 0 amide bonds. The van der Waals surface area contributed by atoms with Gasteiger partial charge in [0.2, 0.25) is 0 Å². The van der Waals surface area contributed by atoms with E-state index in [-0.39, 0.29) is 5.41 Å². The van der Waals surface area contributed by atoms with Crippen LogP contribution in [0.2, 0.25) is 0 Å². The molecule has 6 aromatic carbocycles. The summed E-state index contributed by atoms with van der Waals surface area (Å²) in [6.07, 6.45) is 5.65. The first-order valence-corrected chi connectivity index (χ1v) is 17.2. The van der Waals surface area contributed by atoms with Crippen LogP contribution in [-0.4, -0.2) is 0 Å². The summed E-state index contributed by atoms with van der Waals surface area (Å²) in [6, 6.07) is 48.2. The number of aryl methyl sites for hydroxylation is 1. The molecule has 0 heterocycles. The Bertz CT molecular complexity index is 2120. The first-order valence-electron chi connectivity index (χ1n) is 17.2. The monoisotopic (exact) mass is 595 g/mol. The molecular weight excluding hydrogens is 555 g/mol. The Morgan fingerprint density at radius 3 is 2.11 bits per heavy atom. The number of fused-ring (bicyclic) bond motifs is 6. The second-order valence-corrected chi connectivity index (χ2v) is 14.6. The molecular formula is C45H41N. The molecule has 0 spiro atoms. The number of anilines is 3. The fraction of sp³-hybridized carbons (Fsp3) is 0.244. The second-order valence-electron chi connectivity index (χ2n) is 14.6. The van der Waals surface area contributed by atoms with Gasteiger partial charge in [-0.15, -0.1) is 0 Å². The maximum Gasteiger partial charge on any atom is 0.0546 e. The third-order valence-corrected chi connectivity index (χ3v) is 11.7. The van der Waals surface area contributed by atoms with Gasteiger partial charge in [0.25, 0.3) is 0 Å². The van der Waals surface area contributed by atoms with Crippen molar-refractivity contribution in [2.24, 2.45) is 11.8 Å². The summed E-state index contributed by atoms with van der Waals surface area (Å²) in [5, 5.41) is 2.55. The molecule has 3 atom stereocenters. The summed E-state index contributed by atoms with van der Waals surface area (Å²) in [5.41, 5.74) is 14.5. The highest BCUT2D eigenvalue weighted by Crippen LogP contribution is 2.54. The Hall–Kier alpha value is -4.62. The van der Waals surface area contributed by atoms with E-state index in [1.807, 2.05) is 0 Å². The lowest BCUT2D eigenvalue weighted by molar-refractivity contribution is 0.420. The highest BCUT2D eigenvalue weighted by molar-refractivity contribution is 6.06. The van der Waals surface area contributed by atoms with Crippen molar-refractivity contribution in [2.75, 3.05) is 4.90 Å². The van der Waals surface area contributed by atoms with Crippen LogP contribution >= 0.6 is 0 Å². The molecule has 9 rings (SSSR count). The van der Waals surface area contributed by atoms with Gasteiger partial charge in [-0.1, -0.05) is 117 Å². The van der Waals surface area contributed by atoms with Crippen molar-refractivity contribution in [2.45, 2.75) is 57.8 Å². The van der Waals surface area contributed by atoms with Gasteiger partial charge < -0.3 is 4.90 Å². The summed E-state index contributed by atoms with van der Waals surface area (Å²) in [5.74, 6) is 2.55. The summed E-state index contributed by atoms with van der Waals surface area (Å²) < 4.78 is 0. The van der Waals surface area contributed by atoms with E-state index in [0.29, 0.717) is 0 Å². The zero-order chi connectivity index (χ0) is 31.0. The zero-order valence-electron chi connectivity index (χ0n) is 27.1. The van der Waals surface area contributed by atoms with Crippen molar-refractivity contribution >= 4 is 27.8 Å². The maximum atomic E-state index is 2.53. The lowest BCUT2D eigenvalue weighted by Gasteiger charge is -2.31. The van der Waals surface area contributed by atoms with Gasteiger partial charge in [-0.05, 0) is 124 Å². The lowest BCUT2D eigenvalue weighted by atomic mass is 9.82. The molecule has 2 saturated carbocycles. The minimum absolute atomic E-state index is 0.0680. The first-order chi connectivity index (χ1) is 22.5. The summed E-state index contributed by atoms with van der Waals surface area (Å²) >= 11 is 0. The molecule has 3 aliphatic carbocycles. The first kappa shape index (κ1) is 27.7. The summed E-state index contributed by atoms with van der Waals surface area (Å²) in [4.78, 5) is 2.53. The average Bonchev–Trinajstić information content (AvgIpc) is 3.79. The Kier molecular flexibility index (Phi) is 6.29. The van der Waals surface area contributed by atoms with E-state index in [4.69, 9.17) is 0 Å². The Morgan fingerprint density at radius 2 is 1.33 bits per heavy atom. The smallest absolute Gasteiger partial charge is 0.0546 e. The number of nitrogens with zero attached hydrogens (tertiary/aromatic N) is 1. The molecule has 46 heavy (non-hydrogen) atoms. The summed E-state index contributed by atoms with van der Waals surface area (Å²) in [7, 11) is 0. The van der Waals surface area contributed by atoms with E-state index in [2.05, 4.69) is 153 Å². The van der Waals surface area contributed by atoms with Gasteiger partial charge in [0.05, 0.1) is 5.69 Å². The predicted molar refractivity (Wildman–Crippen MR) is 195 cm³/mol. The van der Waals surface area contributed by atoms with Gasteiger partial charge in [-0.2, -0.15) is 0 Å². The van der Waals surface area contributed by atoms with Gasteiger partial charge in [0.15, 0.2) is 0 Å². The molecule has 1 heteroatoms. The van der Waals surface area contributed by atoms with E-state index < -0.39 is 0 Å². The SMILES string of the molecule is Cc1ccccc1-c1c(N(c2ccc(C3CC4CCC3C4)cc2)c2ccc3c(c2)C(C)(C)c2ccccc2-3)ccc2ccccc12. The molecule has 0 aliphatic heterocycles. The van der Waals surface area contributed by atoms with Crippen LogP contribution in [-0.2, 0) is 5.41 Å². The Balaban J connectivity index is 1.26. The van der Waals surface area contributed by atoms with Crippen LogP contribution in [0.15, 0.2) is 127 Å². The third-order valence-electron chi connectivity index (χ3n) is 11.7. The van der Waals surface area contributed by atoms with Crippen molar-refractivity contribution in [1.82, 2.24) is 0 Å². The second kappa shape index (κ2) is 10.5. The van der Waals surface area contributed by atoms with E-state index in [1.54, 1.807) is 0 Å². The standard InChI is InChI=1S/C45H41N/c1-29-10-4-6-12-36(29)44-37-13-7-5-11-31(37)20-25-43(44)46(34-21-18-32(19-22-34)40-27-30-16-17-33(40)26-30)35-23-24-39-38-14-8-9-15-41(38)45(2,3)42(39)28-35/h4-15,18-25,28,30,33,40H,16-17,26-27H2,1-3H3. The third kappa shape index (κ3) is 4.21. The van der Waals surface area contributed by atoms with E-state index in [0.717, 1.165) is 17.8 Å². The highest BCUT2D eigenvalue weighted by Gasteiger charge is 2.40. The number of rotatable bonds is 5. The molecule has 3 aliphatic rings. The lowest BCUT2D eigenvalue weighted by Crippen LogP contribution is -2.17. The van der Waals surface area contributed by atoms with Crippen LogP contribution < -0.4 is 4.90 Å². The van der Waals surface area contributed by atoms with Crippen molar-refractivity contribution in [3.8, 4) is 22.3 Å². The number of hydrogen-bond acceptors (Lipinski definition) is 1. The molecule has 0 N–H and O–H groups in total. The van der Waals surface area contributed by atoms with Gasteiger partial charge in [-0.25, -0.2) is 0 Å². The molecule has 2 fully saturated rings. The molecule has 226 valence electrons. The number of benzene rings is 6. The highest BCUT2D eigenvalue weighted by atomic mass is 15.1. The largest absolute Gasteiger partial charge is 0.310 e. The van der Waals surface area contributed by atoms with Gasteiger partial charge in [0, 0.05) is 22.4 Å². The predicted octanol–water partition coefficient (Wildman–Crippen LogP) is 12.5. The van der Waals surface area contributed by atoms with Gasteiger partial charge in [0.1, 0.15) is 0 Å².